The molecule has 0 bridgehead atoms. The van der Waals surface area contributed by atoms with Gasteiger partial charge in [-0.25, -0.2) is 18.7 Å². The highest BCUT2D eigenvalue weighted by Crippen LogP contribution is 2.43. The van der Waals surface area contributed by atoms with Gasteiger partial charge < -0.3 is 4.74 Å². The van der Waals surface area contributed by atoms with Crippen molar-refractivity contribution in [2.75, 3.05) is 6.61 Å². The van der Waals surface area contributed by atoms with Gasteiger partial charge in [0.2, 0.25) is 5.92 Å². The molecule has 0 radical (unpaired) electrons. The van der Waals surface area contributed by atoms with E-state index in [1.807, 2.05) is 0 Å². The Morgan fingerprint density at radius 2 is 2.17 bits per heavy atom. The summed E-state index contributed by atoms with van der Waals surface area (Å²) < 4.78 is 31.7. The zero-order valence-electron chi connectivity index (χ0n) is 9.76. The number of halogens is 3. The van der Waals surface area contributed by atoms with Crippen LogP contribution in [0.1, 0.15) is 42.3 Å². The number of ether oxygens (including phenoxy) is 1. The van der Waals surface area contributed by atoms with E-state index in [1.54, 1.807) is 0 Å². The zero-order valence-corrected chi connectivity index (χ0v) is 10.5. The van der Waals surface area contributed by atoms with Crippen molar-refractivity contribution in [3.63, 3.8) is 0 Å². The zero-order chi connectivity index (χ0) is 12.8. The molecule has 1 unspecified atom stereocenters. The molecule has 2 heterocycles. The highest BCUT2D eigenvalue weighted by atomic mass is 35.5. The topological polar surface area (TPSA) is 35.0 Å². The summed E-state index contributed by atoms with van der Waals surface area (Å²) in [4.78, 5) is 8.59. The van der Waals surface area contributed by atoms with Crippen LogP contribution in [-0.4, -0.2) is 22.5 Å². The molecule has 1 fully saturated rings. The van der Waals surface area contributed by atoms with Crippen LogP contribution in [0.15, 0.2) is 0 Å². The van der Waals surface area contributed by atoms with Crippen LogP contribution < -0.4 is 0 Å². The average molecular weight is 275 g/mol. The van der Waals surface area contributed by atoms with E-state index in [2.05, 4.69) is 9.97 Å². The molecule has 0 N–H and O–H groups in total. The second-order valence-corrected chi connectivity index (χ2v) is 5.25. The summed E-state index contributed by atoms with van der Waals surface area (Å²) in [5.41, 5.74) is 1.66. The molecule has 0 aromatic carbocycles. The van der Waals surface area contributed by atoms with Crippen LogP contribution in [0.2, 0.25) is 5.15 Å². The van der Waals surface area contributed by atoms with E-state index in [-0.39, 0.29) is 18.8 Å². The highest BCUT2D eigenvalue weighted by molar-refractivity contribution is 6.30. The minimum Gasteiger partial charge on any atom is -0.376 e. The Balaban J connectivity index is 1.92. The number of hydrogen-bond donors (Lipinski definition) is 0. The maximum Gasteiger partial charge on any atom is 0.248 e. The van der Waals surface area contributed by atoms with Crippen molar-refractivity contribution < 1.29 is 13.5 Å². The Hall–Kier alpha value is -0.810. The summed E-state index contributed by atoms with van der Waals surface area (Å²) in [6.07, 6.45) is 0.851. The Kier molecular flexibility index (Phi) is 2.98. The lowest BCUT2D eigenvalue weighted by Gasteiger charge is -2.18. The molecule has 0 spiro atoms. The third-order valence-corrected chi connectivity index (χ3v) is 3.87. The van der Waals surface area contributed by atoms with Gasteiger partial charge >= 0.3 is 0 Å². The first-order chi connectivity index (χ1) is 8.55. The van der Waals surface area contributed by atoms with E-state index in [0.29, 0.717) is 37.0 Å². The van der Waals surface area contributed by atoms with Gasteiger partial charge in [0.05, 0.1) is 18.9 Å². The summed E-state index contributed by atoms with van der Waals surface area (Å²) >= 11 is 6.08. The van der Waals surface area contributed by atoms with Crippen molar-refractivity contribution in [2.45, 2.75) is 44.1 Å². The first-order valence-electron chi connectivity index (χ1n) is 6.06. The largest absolute Gasteiger partial charge is 0.376 e. The molecule has 6 heteroatoms. The van der Waals surface area contributed by atoms with E-state index < -0.39 is 5.92 Å². The van der Waals surface area contributed by atoms with E-state index in [0.717, 1.165) is 11.3 Å². The third-order valence-electron chi connectivity index (χ3n) is 3.56. The summed E-state index contributed by atoms with van der Waals surface area (Å²) in [6, 6.07) is 0. The summed E-state index contributed by atoms with van der Waals surface area (Å²) in [5, 5.41) is 0.352. The van der Waals surface area contributed by atoms with Crippen molar-refractivity contribution in [1.82, 2.24) is 9.97 Å². The number of fused-ring (bicyclic) bond motifs is 1. The van der Waals surface area contributed by atoms with Gasteiger partial charge in [-0.2, -0.15) is 0 Å². The maximum atomic E-state index is 13.2. The van der Waals surface area contributed by atoms with Crippen LogP contribution in [0.5, 0.6) is 0 Å². The molecule has 1 saturated carbocycles. The van der Waals surface area contributed by atoms with Crippen LogP contribution in [0, 0.1) is 0 Å². The van der Waals surface area contributed by atoms with Crippen molar-refractivity contribution in [3.05, 3.63) is 22.2 Å². The normalized spacial score (nSPS) is 26.1. The Bertz CT molecular complexity index is 481. The molecule has 3 rings (SSSR count). The molecule has 18 heavy (non-hydrogen) atoms. The molecule has 0 saturated heterocycles. The standard InChI is InChI=1S/C12H13ClF2N2O/c13-10-8-6-18-4-2-9(8)16-11(17-10)7-1-3-12(14,15)5-7/h7H,1-6H2. The van der Waals surface area contributed by atoms with Crippen molar-refractivity contribution in [1.29, 1.82) is 0 Å². The van der Waals surface area contributed by atoms with Crippen molar-refractivity contribution in [2.24, 2.45) is 0 Å². The lowest BCUT2D eigenvalue weighted by atomic mass is 10.1. The van der Waals surface area contributed by atoms with E-state index >= 15 is 0 Å². The molecule has 1 aromatic rings. The first kappa shape index (κ1) is 12.2. The first-order valence-corrected chi connectivity index (χ1v) is 6.44. The second kappa shape index (κ2) is 4.38. The Morgan fingerprint density at radius 3 is 2.89 bits per heavy atom. The molecular weight excluding hydrogens is 262 g/mol. The fourth-order valence-electron chi connectivity index (χ4n) is 2.56. The van der Waals surface area contributed by atoms with Crippen molar-refractivity contribution in [3.8, 4) is 0 Å². The fraction of sp³-hybridized carbons (Fsp3) is 0.667. The predicted octanol–water partition coefficient (Wildman–Crippen LogP) is 3.11. The van der Waals surface area contributed by atoms with Crippen LogP contribution in [0.25, 0.3) is 0 Å². The number of aromatic nitrogens is 2. The monoisotopic (exact) mass is 274 g/mol. The quantitative estimate of drug-likeness (QED) is 0.738. The number of hydrogen-bond acceptors (Lipinski definition) is 3. The summed E-state index contributed by atoms with van der Waals surface area (Å²) in [7, 11) is 0. The molecule has 1 aliphatic heterocycles. The van der Waals surface area contributed by atoms with Gasteiger partial charge in [0.1, 0.15) is 11.0 Å². The molecule has 98 valence electrons. The van der Waals surface area contributed by atoms with Gasteiger partial charge in [-0.1, -0.05) is 11.6 Å². The molecule has 2 aliphatic rings. The molecule has 1 aliphatic carbocycles. The molecule has 0 amide bonds. The van der Waals surface area contributed by atoms with Gasteiger partial charge in [-0.15, -0.1) is 0 Å². The van der Waals surface area contributed by atoms with Gasteiger partial charge in [-0.3, -0.25) is 0 Å². The van der Waals surface area contributed by atoms with Gasteiger partial charge in [-0.05, 0) is 6.42 Å². The fourth-order valence-corrected chi connectivity index (χ4v) is 2.81. The molecule has 1 aromatic heterocycles. The Morgan fingerprint density at radius 1 is 1.33 bits per heavy atom. The highest BCUT2D eigenvalue weighted by Gasteiger charge is 2.41. The van der Waals surface area contributed by atoms with Gasteiger partial charge in [0.15, 0.2) is 0 Å². The third kappa shape index (κ3) is 2.21. The lowest BCUT2D eigenvalue weighted by Crippen LogP contribution is -2.17. The second-order valence-electron chi connectivity index (χ2n) is 4.90. The predicted molar refractivity (Wildman–Crippen MR) is 61.9 cm³/mol. The number of nitrogens with zero attached hydrogens (tertiary/aromatic N) is 2. The van der Waals surface area contributed by atoms with E-state index in [9.17, 15) is 8.78 Å². The van der Waals surface area contributed by atoms with Crippen molar-refractivity contribution >= 4 is 11.6 Å². The van der Waals surface area contributed by atoms with Crippen LogP contribution in [0.4, 0.5) is 8.78 Å². The lowest BCUT2D eigenvalue weighted by molar-refractivity contribution is 0.00751. The minimum absolute atomic E-state index is 0.0845. The van der Waals surface area contributed by atoms with Gasteiger partial charge in [0, 0.05) is 30.7 Å². The van der Waals surface area contributed by atoms with E-state index in [1.165, 1.54) is 0 Å². The maximum absolute atomic E-state index is 13.2. The minimum atomic E-state index is -2.58. The smallest absolute Gasteiger partial charge is 0.248 e. The molecule has 3 nitrogen and oxygen atoms in total. The summed E-state index contributed by atoms with van der Waals surface area (Å²) in [5.74, 6) is -2.39. The van der Waals surface area contributed by atoms with E-state index in [4.69, 9.17) is 16.3 Å². The SMILES string of the molecule is FC1(F)CCC(c2nc(Cl)c3c(n2)CCOC3)C1. The Labute approximate surface area is 109 Å². The average Bonchev–Trinajstić information content (AvgIpc) is 2.70. The number of rotatable bonds is 1. The van der Waals surface area contributed by atoms with Crippen LogP contribution in [-0.2, 0) is 17.8 Å². The number of alkyl halides is 2. The van der Waals surface area contributed by atoms with Crippen LogP contribution in [0.3, 0.4) is 0 Å². The van der Waals surface area contributed by atoms with Crippen LogP contribution >= 0.6 is 11.6 Å². The van der Waals surface area contributed by atoms with Gasteiger partial charge in [0.25, 0.3) is 0 Å². The summed E-state index contributed by atoms with van der Waals surface area (Å²) in [6.45, 7) is 1.01. The molecule has 1 atom stereocenters. The molecular formula is C12H13ClF2N2O.